The van der Waals surface area contributed by atoms with Crippen LogP contribution in [0.2, 0.25) is 0 Å². The Morgan fingerprint density at radius 3 is 0.911 bits per heavy atom. The Balaban J connectivity index is 0.865. The van der Waals surface area contributed by atoms with Gasteiger partial charge in [-0.25, -0.2) is 0 Å². The molecule has 0 aliphatic heterocycles. The van der Waals surface area contributed by atoms with Crippen molar-refractivity contribution in [1.82, 2.24) is 0 Å². The molecular formula is C84H86N2O4. The van der Waals surface area contributed by atoms with E-state index in [1.54, 1.807) is 0 Å². The number of benzene rings is 12. The van der Waals surface area contributed by atoms with Gasteiger partial charge in [-0.15, -0.1) is 0 Å². The van der Waals surface area contributed by atoms with E-state index < -0.39 is 0 Å². The molecule has 1 aliphatic rings. The zero-order valence-corrected chi connectivity index (χ0v) is 54.8. The topological polar surface area (TPSA) is 83.6 Å². The van der Waals surface area contributed by atoms with Crippen molar-refractivity contribution in [2.24, 2.45) is 9.98 Å². The van der Waals surface area contributed by atoms with E-state index in [4.69, 9.17) is 19.5 Å². The van der Waals surface area contributed by atoms with Crippen LogP contribution in [0, 0.1) is 0 Å². The van der Waals surface area contributed by atoms with Gasteiger partial charge >= 0.3 is 0 Å². The van der Waals surface area contributed by atoms with E-state index in [1.807, 2.05) is 12.4 Å². The Labute approximate surface area is 532 Å². The molecule has 0 atom stereocenters. The van der Waals surface area contributed by atoms with Crippen LogP contribution < -0.4 is 9.47 Å². The van der Waals surface area contributed by atoms with Crippen molar-refractivity contribution in [2.45, 2.75) is 143 Å². The lowest BCUT2D eigenvalue weighted by Crippen LogP contribution is -2.17. The summed E-state index contributed by atoms with van der Waals surface area (Å²) in [5.41, 5.74) is 13.4. The number of rotatable bonds is 12. The third-order valence-electron chi connectivity index (χ3n) is 19.0. The molecule has 12 aromatic rings. The number of hydrogen-bond acceptors (Lipinski definition) is 6. The van der Waals surface area contributed by atoms with Gasteiger partial charge < -0.3 is 19.7 Å². The molecular weight excluding hydrogens is 1100 g/mol. The lowest BCUT2D eigenvalue weighted by Gasteiger charge is -2.28. The van der Waals surface area contributed by atoms with E-state index >= 15 is 0 Å². The molecule has 13 rings (SSSR count). The third-order valence-corrected chi connectivity index (χ3v) is 19.0. The van der Waals surface area contributed by atoms with Gasteiger partial charge in [0.15, 0.2) is 0 Å². The minimum absolute atomic E-state index is 0.217. The van der Waals surface area contributed by atoms with Crippen molar-refractivity contribution in [3.63, 3.8) is 0 Å². The first-order chi connectivity index (χ1) is 42.9. The number of phenols is 2. The second kappa shape index (κ2) is 23.3. The van der Waals surface area contributed by atoms with Crippen LogP contribution in [0.4, 0.5) is 0 Å². The fourth-order valence-corrected chi connectivity index (χ4v) is 13.7. The summed E-state index contributed by atoms with van der Waals surface area (Å²) in [6, 6.07) is 57.7. The summed E-state index contributed by atoms with van der Waals surface area (Å²) in [5, 5.41) is 41.0. The number of phenolic OH excluding ortho intramolecular Hbond substituents is 2. The van der Waals surface area contributed by atoms with E-state index in [1.165, 1.54) is 75.8 Å². The summed E-state index contributed by atoms with van der Waals surface area (Å²) in [6.07, 6.45) is 7.20. The molecule has 0 saturated heterocycles. The molecule has 8 bridgehead atoms. The number of aromatic hydroxyl groups is 2. The molecule has 0 saturated carbocycles. The van der Waals surface area contributed by atoms with Crippen LogP contribution in [0.1, 0.15) is 174 Å². The monoisotopic (exact) mass is 1190 g/mol. The molecule has 6 nitrogen and oxygen atoms in total. The predicted octanol–water partition coefficient (Wildman–Crippen LogP) is 20.5. The van der Waals surface area contributed by atoms with Crippen molar-refractivity contribution in [1.29, 1.82) is 0 Å². The van der Waals surface area contributed by atoms with Gasteiger partial charge in [-0.05, 0) is 153 Å². The van der Waals surface area contributed by atoms with Gasteiger partial charge in [0.25, 0.3) is 0 Å². The summed E-state index contributed by atoms with van der Waals surface area (Å²) in [4.78, 5) is 10.1. The Morgan fingerprint density at radius 2 is 0.611 bits per heavy atom. The van der Waals surface area contributed by atoms with Crippen LogP contribution >= 0.6 is 0 Å². The largest absolute Gasteiger partial charge is 0.507 e. The molecule has 0 heterocycles. The van der Waals surface area contributed by atoms with Gasteiger partial charge in [0.2, 0.25) is 0 Å². The van der Waals surface area contributed by atoms with Gasteiger partial charge in [-0.3, -0.25) is 9.98 Å². The summed E-state index contributed by atoms with van der Waals surface area (Å²) < 4.78 is 14.3. The Bertz CT molecular complexity index is 4350. The first-order valence-corrected chi connectivity index (χ1v) is 32.6. The molecule has 0 fully saturated rings. The fourth-order valence-electron chi connectivity index (χ4n) is 13.7. The first-order valence-electron chi connectivity index (χ1n) is 32.6. The average molecular weight is 1190 g/mol. The van der Waals surface area contributed by atoms with Crippen LogP contribution in [0.15, 0.2) is 168 Å². The van der Waals surface area contributed by atoms with Crippen LogP contribution in [0.25, 0.3) is 64.6 Å². The van der Waals surface area contributed by atoms with Crippen LogP contribution in [-0.4, -0.2) is 48.9 Å². The highest BCUT2D eigenvalue weighted by Crippen LogP contribution is 2.45. The number of hydrogen-bond donors (Lipinski definition) is 2. The average Bonchev–Trinajstić information content (AvgIpc) is 0.779. The fraction of sp³-hybridized carbons (Fsp3) is 0.310. The minimum Gasteiger partial charge on any atom is -0.507 e. The predicted molar refractivity (Wildman–Crippen MR) is 381 cm³/mol. The van der Waals surface area contributed by atoms with Crippen molar-refractivity contribution >= 4 is 77.1 Å². The van der Waals surface area contributed by atoms with Crippen molar-refractivity contribution in [2.75, 3.05) is 26.3 Å². The number of ether oxygens (including phenoxy) is 2. The SMILES string of the molecule is CC(C)(C)c1cc2c(O)c(c1)Cc1cc(C(C)(C)C)cc(c1OCCCN=Cc1ccc3ccc4cccc5ccc1c3c45)Cc1cc(C(C)(C)C)cc(c1O)Cc1cc(C(C)(C)C)cc(c1OCCCN=Cc1ccc3ccc4cccc5ccc1c3c45)C2. The van der Waals surface area contributed by atoms with Crippen molar-refractivity contribution in [3.05, 3.63) is 236 Å². The Hall–Kier alpha value is -8.74. The minimum atomic E-state index is -0.227. The Kier molecular flexibility index (Phi) is 15.5. The van der Waals surface area contributed by atoms with Gasteiger partial charge in [-0.1, -0.05) is 241 Å². The van der Waals surface area contributed by atoms with Gasteiger partial charge in [-0.2, -0.15) is 0 Å². The van der Waals surface area contributed by atoms with Gasteiger partial charge in [0, 0.05) is 75.2 Å². The second-order valence-electron chi connectivity index (χ2n) is 29.7. The number of nitrogens with zero attached hydrogens (tertiary/aromatic N) is 2. The normalized spacial score (nSPS) is 13.6. The molecule has 0 aromatic heterocycles. The van der Waals surface area contributed by atoms with Gasteiger partial charge in [0.05, 0.1) is 13.2 Å². The van der Waals surface area contributed by atoms with E-state index in [0.717, 1.165) is 78.3 Å². The quantitative estimate of drug-likeness (QED) is 0.0725. The van der Waals surface area contributed by atoms with E-state index in [-0.39, 0.29) is 33.2 Å². The smallest absolute Gasteiger partial charge is 0.126 e. The number of fused-ring (bicyclic) bond motifs is 8. The summed E-state index contributed by atoms with van der Waals surface area (Å²) in [7, 11) is 0. The van der Waals surface area contributed by atoms with E-state index in [2.05, 4.69) is 241 Å². The summed E-state index contributed by atoms with van der Waals surface area (Å²) >= 11 is 0. The van der Waals surface area contributed by atoms with Gasteiger partial charge in [0.1, 0.15) is 23.0 Å². The Morgan fingerprint density at radius 1 is 0.344 bits per heavy atom. The molecule has 12 aromatic carbocycles. The molecule has 0 radical (unpaired) electrons. The molecule has 0 spiro atoms. The lowest BCUT2D eigenvalue weighted by molar-refractivity contribution is 0.307. The molecule has 2 N–H and O–H groups in total. The molecule has 6 heteroatoms. The van der Waals surface area contributed by atoms with Crippen molar-refractivity contribution in [3.8, 4) is 23.0 Å². The number of aliphatic imine (C=N–C) groups is 2. The molecule has 0 amide bonds. The highest BCUT2D eigenvalue weighted by Gasteiger charge is 2.29. The van der Waals surface area contributed by atoms with E-state index in [9.17, 15) is 10.2 Å². The lowest BCUT2D eigenvalue weighted by atomic mass is 9.79. The first kappa shape index (κ1) is 60.2. The summed E-state index contributed by atoms with van der Waals surface area (Å²) in [5.74, 6) is 2.17. The van der Waals surface area contributed by atoms with Crippen LogP contribution in [-0.2, 0) is 47.3 Å². The standard InChI is InChI=1S/C84H86N2O4/c1-81(2,3)67-41-59-37-63-45-69(83(7,8)9)47-65(79(63)89-35-15-33-85-49-57-27-25-55-23-21-51-17-13-19-53-29-31-71(57)75(55)73(51)53)39-61-43-68(82(4,5)6)44-62(78(61)88)40-66-48-70(84(10,11)12)46-64(38-60(42-67)77(59)87)80(66)90-36-16-34-86-50-58-28-26-56-24-22-52-18-14-20-54-30-32-72(58)76(56)74(52)54/h13-14,17-32,41-50,87-88H,15-16,33-40H2,1-12H3. The van der Waals surface area contributed by atoms with Crippen LogP contribution in [0.5, 0.6) is 23.0 Å². The van der Waals surface area contributed by atoms with Crippen LogP contribution in [0.3, 0.4) is 0 Å². The van der Waals surface area contributed by atoms with Crippen molar-refractivity contribution < 1.29 is 19.7 Å². The molecule has 1 aliphatic carbocycles. The molecule has 90 heavy (non-hydrogen) atoms. The maximum atomic E-state index is 13.0. The van der Waals surface area contributed by atoms with E-state index in [0.29, 0.717) is 64.8 Å². The highest BCUT2D eigenvalue weighted by atomic mass is 16.5. The second-order valence-corrected chi connectivity index (χ2v) is 29.7. The highest BCUT2D eigenvalue weighted by molar-refractivity contribution is 6.26. The zero-order chi connectivity index (χ0) is 63.0. The maximum Gasteiger partial charge on any atom is 0.126 e. The molecule has 0 unspecified atom stereocenters. The zero-order valence-electron chi connectivity index (χ0n) is 54.8. The third kappa shape index (κ3) is 11.7. The maximum absolute atomic E-state index is 13.0. The molecule has 456 valence electrons. The summed E-state index contributed by atoms with van der Waals surface area (Å²) in [6.45, 7) is 29.1.